The molecule has 0 radical (unpaired) electrons. The molecule has 0 amide bonds. The van der Waals surface area contributed by atoms with Crippen molar-refractivity contribution in [2.75, 3.05) is 40.0 Å². The molecule has 100 valence electrons. The van der Waals surface area contributed by atoms with Crippen LogP contribution in [0.15, 0.2) is 0 Å². The van der Waals surface area contributed by atoms with E-state index in [1.807, 2.05) is 7.11 Å². The average Bonchev–Trinajstić information content (AvgIpc) is 2.62. The number of rotatable bonds is 3. The standard InChI is InChI=1S/C13H26N2O2/c1-10-4-5-15(6-11(10)16-3)8-13(2)9-17-7-12(13)14/h10-12H,4-9,14H2,1-3H3. The molecule has 17 heavy (non-hydrogen) atoms. The van der Waals surface area contributed by atoms with Gasteiger partial charge in [-0.15, -0.1) is 0 Å². The first-order valence-corrected chi connectivity index (χ1v) is 6.63. The van der Waals surface area contributed by atoms with E-state index in [1.54, 1.807) is 0 Å². The van der Waals surface area contributed by atoms with E-state index in [0.717, 1.165) is 26.2 Å². The Hall–Kier alpha value is -0.160. The molecule has 2 N–H and O–H groups in total. The maximum absolute atomic E-state index is 6.14. The smallest absolute Gasteiger partial charge is 0.0724 e. The summed E-state index contributed by atoms with van der Waals surface area (Å²) in [5, 5.41) is 0. The minimum atomic E-state index is 0.110. The number of ether oxygens (including phenoxy) is 2. The second-order valence-corrected chi connectivity index (χ2v) is 6.05. The van der Waals surface area contributed by atoms with Crippen molar-refractivity contribution in [3.63, 3.8) is 0 Å². The number of nitrogens with zero attached hydrogens (tertiary/aromatic N) is 1. The van der Waals surface area contributed by atoms with Crippen LogP contribution in [0.25, 0.3) is 0 Å². The number of nitrogens with two attached hydrogens (primary N) is 1. The van der Waals surface area contributed by atoms with Crippen molar-refractivity contribution in [2.45, 2.75) is 32.4 Å². The Morgan fingerprint density at radius 1 is 1.53 bits per heavy atom. The molecule has 2 aliphatic heterocycles. The van der Waals surface area contributed by atoms with Crippen LogP contribution in [0.4, 0.5) is 0 Å². The topological polar surface area (TPSA) is 47.7 Å². The zero-order valence-corrected chi connectivity index (χ0v) is 11.3. The monoisotopic (exact) mass is 242 g/mol. The van der Waals surface area contributed by atoms with E-state index >= 15 is 0 Å². The lowest BCUT2D eigenvalue weighted by molar-refractivity contribution is -0.0183. The molecule has 4 nitrogen and oxygen atoms in total. The van der Waals surface area contributed by atoms with Gasteiger partial charge in [0.25, 0.3) is 0 Å². The van der Waals surface area contributed by atoms with Gasteiger partial charge in [0.05, 0.1) is 19.3 Å². The van der Waals surface area contributed by atoms with Crippen molar-refractivity contribution >= 4 is 0 Å². The van der Waals surface area contributed by atoms with Gasteiger partial charge in [-0.3, -0.25) is 0 Å². The number of piperidine rings is 1. The van der Waals surface area contributed by atoms with Crippen molar-refractivity contribution in [3.05, 3.63) is 0 Å². The third-order valence-corrected chi connectivity index (χ3v) is 4.49. The molecule has 0 saturated carbocycles. The molecule has 4 atom stereocenters. The summed E-state index contributed by atoms with van der Waals surface area (Å²) in [5.74, 6) is 0.664. The zero-order valence-electron chi connectivity index (χ0n) is 11.3. The van der Waals surface area contributed by atoms with Crippen LogP contribution in [-0.2, 0) is 9.47 Å². The minimum absolute atomic E-state index is 0.110. The Kier molecular flexibility index (Phi) is 4.08. The third-order valence-electron chi connectivity index (χ3n) is 4.49. The van der Waals surface area contributed by atoms with Gasteiger partial charge in [-0.1, -0.05) is 13.8 Å². The van der Waals surface area contributed by atoms with Crippen LogP contribution < -0.4 is 5.73 Å². The molecule has 4 unspecified atom stereocenters. The predicted octanol–water partition coefficient (Wildman–Crippen LogP) is 0.707. The van der Waals surface area contributed by atoms with E-state index in [9.17, 15) is 0 Å². The second-order valence-electron chi connectivity index (χ2n) is 6.05. The molecule has 2 aliphatic rings. The van der Waals surface area contributed by atoms with Gasteiger partial charge in [-0.25, -0.2) is 0 Å². The van der Waals surface area contributed by atoms with E-state index in [1.165, 1.54) is 6.42 Å². The lowest BCUT2D eigenvalue weighted by atomic mass is 9.84. The Morgan fingerprint density at radius 3 is 2.88 bits per heavy atom. The summed E-state index contributed by atoms with van der Waals surface area (Å²) in [5.41, 5.74) is 6.25. The van der Waals surface area contributed by atoms with Crippen LogP contribution in [0.1, 0.15) is 20.3 Å². The molecule has 2 heterocycles. The number of likely N-dealkylation sites (tertiary alicyclic amines) is 1. The first-order chi connectivity index (χ1) is 8.05. The van der Waals surface area contributed by atoms with Gasteiger partial charge in [-0.05, 0) is 18.9 Å². The van der Waals surface area contributed by atoms with Gasteiger partial charge in [-0.2, -0.15) is 0 Å². The first kappa shape index (κ1) is 13.3. The van der Waals surface area contributed by atoms with Gasteiger partial charge in [0, 0.05) is 31.7 Å². The zero-order chi connectivity index (χ0) is 12.5. The molecule has 4 heteroatoms. The number of methoxy groups -OCH3 is 1. The summed E-state index contributed by atoms with van der Waals surface area (Å²) in [7, 11) is 1.82. The van der Waals surface area contributed by atoms with Crippen LogP contribution in [0.3, 0.4) is 0 Å². The van der Waals surface area contributed by atoms with E-state index in [0.29, 0.717) is 18.6 Å². The molecular formula is C13H26N2O2. The van der Waals surface area contributed by atoms with Crippen molar-refractivity contribution in [3.8, 4) is 0 Å². The van der Waals surface area contributed by atoms with E-state index in [4.69, 9.17) is 15.2 Å². The highest BCUT2D eigenvalue weighted by Crippen LogP contribution is 2.30. The quantitative estimate of drug-likeness (QED) is 0.792. The highest BCUT2D eigenvalue weighted by molar-refractivity contribution is 4.93. The average molecular weight is 242 g/mol. The summed E-state index contributed by atoms with van der Waals surface area (Å²) in [6.45, 7) is 9.22. The van der Waals surface area contributed by atoms with Crippen molar-refractivity contribution < 1.29 is 9.47 Å². The highest BCUT2D eigenvalue weighted by atomic mass is 16.5. The summed E-state index contributed by atoms with van der Waals surface area (Å²) in [6, 6.07) is 0.169. The molecule has 0 bridgehead atoms. The molecule has 2 rings (SSSR count). The Balaban J connectivity index is 1.91. The maximum atomic E-state index is 6.14. The fraction of sp³-hybridized carbons (Fsp3) is 1.00. The SMILES string of the molecule is COC1CN(CC2(C)COCC2N)CCC1C. The van der Waals surface area contributed by atoms with E-state index in [2.05, 4.69) is 18.7 Å². The van der Waals surface area contributed by atoms with Crippen molar-refractivity contribution in [2.24, 2.45) is 17.1 Å². The molecule has 2 saturated heterocycles. The molecule has 0 aromatic carbocycles. The lowest BCUT2D eigenvalue weighted by Gasteiger charge is -2.40. The molecular weight excluding hydrogens is 216 g/mol. The highest BCUT2D eigenvalue weighted by Gasteiger charge is 2.40. The number of hydrogen-bond donors (Lipinski definition) is 1. The summed E-state index contributed by atoms with van der Waals surface area (Å²) in [4.78, 5) is 2.49. The van der Waals surface area contributed by atoms with Gasteiger partial charge in [0.2, 0.25) is 0 Å². The summed E-state index contributed by atoms with van der Waals surface area (Å²) < 4.78 is 11.1. The number of hydrogen-bond acceptors (Lipinski definition) is 4. The largest absolute Gasteiger partial charge is 0.380 e. The normalized spacial score (nSPS) is 44.1. The van der Waals surface area contributed by atoms with Gasteiger partial charge in [0.1, 0.15) is 0 Å². The fourth-order valence-corrected chi connectivity index (χ4v) is 2.95. The Bertz CT molecular complexity index is 262. The second kappa shape index (κ2) is 5.22. The molecule has 0 aliphatic carbocycles. The third kappa shape index (κ3) is 2.81. The van der Waals surface area contributed by atoms with Crippen LogP contribution in [-0.4, -0.2) is 57.0 Å². The molecule has 0 aromatic heterocycles. The summed E-state index contributed by atoms with van der Waals surface area (Å²) >= 11 is 0. The Morgan fingerprint density at radius 2 is 2.29 bits per heavy atom. The summed E-state index contributed by atoms with van der Waals surface area (Å²) in [6.07, 6.45) is 1.58. The molecule has 0 aromatic rings. The fourth-order valence-electron chi connectivity index (χ4n) is 2.95. The van der Waals surface area contributed by atoms with Crippen LogP contribution in [0, 0.1) is 11.3 Å². The van der Waals surface area contributed by atoms with Gasteiger partial charge in [0.15, 0.2) is 0 Å². The van der Waals surface area contributed by atoms with Crippen LogP contribution >= 0.6 is 0 Å². The maximum Gasteiger partial charge on any atom is 0.0724 e. The minimum Gasteiger partial charge on any atom is -0.380 e. The van der Waals surface area contributed by atoms with Crippen LogP contribution in [0.5, 0.6) is 0 Å². The van der Waals surface area contributed by atoms with Gasteiger partial charge >= 0.3 is 0 Å². The van der Waals surface area contributed by atoms with E-state index in [-0.39, 0.29) is 11.5 Å². The molecule has 2 fully saturated rings. The predicted molar refractivity (Wildman–Crippen MR) is 67.9 cm³/mol. The van der Waals surface area contributed by atoms with Crippen molar-refractivity contribution in [1.82, 2.24) is 4.90 Å². The van der Waals surface area contributed by atoms with Crippen molar-refractivity contribution in [1.29, 1.82) is 0 Å². The molecule has 0 spiro atoms. The Labute approximate surface area is 104 Å². The van der Waals surface area contributed by atoms with Gasteiger partial charge < -0.3 is 20.1 Å². The van der Waals surface area contributed by atoms with Crippen LogP contribution in [0.2, 0.25) is 0 Å². The first-order valence-electron chi connectivity index (χ1n) is 6.63. The van der Waals surface area contributed by atoms with E-state index < -0.39 is 0 Å². The lowest BCUT2D eigenvalue weighted by Crippen LogP contribution is -2.52.